The van der Waals surface area contributed by atoms with Crippen molar-refractivity contribution in [1.82, 2.24) is 4.98 Å². The normalized spacial score (nSPS) is 14.1. The molecule has 0 aliphatic rings. The van der Waals surface area contributed by atoms with Crippen LogP contribution >= 0.6 is 0 Å². The molecule has 1 aromatic heterocycles. The predicted octanol–water partition coefficient (Wildman–Crippen LogP) is 1.88. The second-order valence-corrected chi connectivity index (χ2v) is 10.2. The quantitative estimate of drug-likeness (QED) is 0.548. The van der Waals surface area contributed by atoms with Crippen LogP contribution in [0.15, 0.2) is 24.5 Å². The number of pyridine rings is 1. The first-order valence-corrected chi connectivity index (χ1v) is 10.9. The summed E-state index contributed by atoms with van der Waals surface area (Å²) in [6.45, 7) is 1.89. The number of aryl methyl sites for hydroxylation is 1. The van der Waals surface area contributed by atoms with Gasteiger partial charge in [-0.15, -0.1) is 0 Å². The number of aromatic nitrogens is 1. The predicted molar refractivity (Wildman–Crippen MR) is 82.9 cm³/mol. The number of hydrogen-bond donors (Lipinski definition) is 1. The third kappa shape index (κ3) is 7.14. The summed E-state index contributed by atoms with van der Waals surface area (Å²) in [4.78, 5) is 3.95. The summed E-state index contributed by atoms with van der Waals surface area (Å²) in [6.07, 6.45) is 4.77. The fraction of sp³-hybridized carbons (Fsp3) is 0.615. The maximum absolute atomic E-state index is 11.2. The zero-order valence-electron chi connectivity index (χ0n) is 12.7. The van der Waals surface area contributed by atoms with Crippen LogP contribution in [-0.2, 0) is 25.4 Å². The van der Waals surface area contributed by atoms with E-state index in [1.54, 1.807) is 26.6 Å². The molecule has 0 bridgehead atoms. The van der Waals surface area contributed by atoms with Crippen LogP contribution in [0, 0.1) is 5.92 Å². The lowest BCUT2D eigenvalue weighted by Crippen LogP contribution is -2.39. The van der Waals surface area contributed by atoms with E-state index in [-0.39, 0.29) is 11.7 Å². The minimum atomic E-state index is -4.02. The molecule has 1 atom stereocenters. The molecule has 1 unspecified atom stereocenters. The zero-order valence-corrected chi connectivity index (χ0v) is 14.5. The van der Waals surface area contributed by atoms with Gasteiger partial charge in [0.1, 0.15) is 0 Å². The molecule has 0 saturated heterocycles. The molecule has 1 heterocycles. The molecule has 21 heavy (non-hydrogen) atoms. The molecule has 0 aromatic carbocycles. The lowest BCUT2D eigenvalue weighted by Gasteiger charge is -2.27. The van der Waals surface area contributed by atoms with E-state index in [9.17, 15) is 8.42 Å². The Balaban J connectivity index is 2.73. The van der Waals surface area contributed by atoms with Crippen molar-refractivity contribution < 1.29 is 21.8 Å². The summed E-state index contributed by atoms with van der Waals surface area (Å²) in [5, 5.41) is 0. The average Bonchev–Trinajstić information content (AvgIpc) is 2.44. The van der Waals surface area contributed by atoms with Crippen LogP contribution in [0.4, 0.5) is 0 Å². The molecule has 1 rings (SSSR count). The molecule has 0 fully saturated rings. The summed E-state index contributed by atoms with van der Waals surface area (Å²) < 4.78 is 42.3. The smallest absolute Gasteiger partial charge is 0.334 e. The van der Waals surface area contributed by atoms with Gasteiger partial charge in [-0.3, -0.25) is 9.54 Å². The molecule has 0 spiro atoms. The van der Waals surface area contributed by atoms with Crippen LogP contribution in [0.3, 0.4) is 0 Å². The molecule has 0 saturated carbocycles. The van der Waals surface area contributed by atoms with Gasteiger partial charge in [0.15, 0.2) is 0 Å². The van der Waals surface area contributed by atoms with Gasteiger partial charge in [0.25, 0.3) is 10.1 Å². The van der Waals surface area contributed by atoms with Gasteiger partial charge < -0.3 is 8.85 Å². The van der Waals surface area contributed by atoms with Crippen molar-refractivity contribution in [2.75, 3.05) is 20.0 Å². The van der Waals surface area contributed by atoms with Gasteiger partial charge in [-0.05, 0) is 49.0 Å². The third-order valence-corrected chi connectivity index (χ3v) is 7.50. The van der Waals surface area contributed by atoms with Gasteiger partial charge in [0.05, 0.1) is 5.75 Å². The first kappa shape index (κ1) is 18.2. The molecule has 1 aromatic rings. The first-order valence-electron chi connectivity index (χ1n) is 6.72. The lowest BCUT2D eigenvalue weighted by atomic mass is 10.0. The molecular formula is C13H23NO5SSi. The Hall–Kier alpha value is -0.803. The first-order chi connectivity index (χ1) is 9.78. The van der Waals surface area contributed by atoms with Crippen LogP contribution in [-0.4, -0.2) is 46.5 Å². The summed E-state index contributed by atoms with van der Waals surface area (Å²) in [5.41, 5.74) is 1.09. The fourth-order valence-electron chi connectivity index (χ4n) is 2.24. The van der Waals surface area contributed by atoms with Gasteiger partial charge in [0.2, 0.25) is 0 Å². The van der Waals surface area contributed by atoms with Gasteiger partial charge >= 0.3 is 8.56 Å². The second-order valence-electron chi connectivity index (χ2n) is 5.25. The highest BCUT2D eigenvalue weighted by molar-refractivity contribution is 7.85. The molecular weight excluding hydrogens is 310 g/mol. The van der Waals surface area contributed by atoms with Crippen LogP contribution in [0.5, 0.6) is 0 Å². The van der Waals surface area contributed by atoms with Crippen LogP contribution < -0.4 is 0 Å². The Bertz CT molecular complexity index is 519. The highest BCUT2D eigenvalue weighted by atomic mass is 32.2. The number of nitrogens with zero attached hydrogens (tertiary/aromatic N) is 1. The Morgan fingerprint density at radius 1 is 1.29 bits per heavy atom. The van der Waals surface area contributed by atoms with Crippen LogP contribution in [0.25, 0.3) is 0 Å². The monoisotopic (exact) mass is 333 g/mol. The molecule has 6 nitrogen and oxygen atoms in total. The molecule has 1 N–H and O–H groups in total. The third-order valence-electron chi connectivity index (χ3n) is 3.56. The van der Waals surface area contributed by atoms with Gasteiger partial charge in [-0.1, -0.05) is 0 Å². The van der Waals surface area contributed by atoms with Crippen molar-refractivity contribution in [3.8, 4) is 0 Å². The Kier molecular flexibility index (Phi) is 6.95. The van der Waals surface area contributed by atoms with Crippen LogP contribution in [0.1, 0.15) is 12.0 Å². The molecule has 0 amide bonds. The topological polar surface area (TPSA) is 85.7 Å². The highest BCUT2D eigenvalue weighted by Gasteiger charge is 2.34. The van der Waals surface area contributed by atoms with E-state index in [1.807, 2.05) is 18.7 Å². The van der Waals surface area contributed by atoms with Crippen molar-refractivity contribution in [2.24, 2.45) is 5.92 Å². The standard InChI is InChI=1S/C13H23NO5SSi/c1-18-21(3,19-2)11-13(10-20(15,16)17)5-4-12-6-8-14-9-7-12/h6-9,13H,4-5,10-11H2,1-3H3,(H,15,16,17). The highest BCUT2D eigenvalue weighted by Crippen LogP contribution is 2.24. The minimum Gasteiger partial charge on any atom is -0.398 e. The maximum Gasteiger partial charge on any atom is 0.334 e. The Labute approximate surface area is 127 Å². The van der Waals surface area contributed by atoms with Gasteiger partial charge in [0, 0.05) is 26.6 Å². The van der Waals surface area contributed by atoms with Crippen molar-refractivity contribution >= 4 is 18.7 Å². The molecule has 120 valence electrons. The number of hydrogen-bond acceptors (Lipinski definition) is 5. The van der Waals surface area contributed by atoms with E-state index in [2.05, 4.69) is 4.98 Å². The van der Waals surface area contributed by atoms with E-state index in [0.29, 0.717) is 12.5 Å². The number of rotatable bonds is 9. The summed E-state index contributed by atoms with van der Waals surface area (Å²) in [6, 6.07) is 4.31. The largest absolute Gasteiger partial charge is 0.398 e. The van der Waals surface area contributed by atoms with E-state index in [4.69, 9.17) is 13.4 Å². The SMILES string of the molecule is CO[Si](C)(CC(CCc1ccncc1)CS(=O)(=O)O)OC. The zero-order chi connectivity index (χ0) is 15.9. The molecule has 0 radical (unpaired) electrons. The van der Waals surface area contributed by atoms with Crippen molar-refractivity contribution in [2.45, 2.75) is 25.4 Å². The summed E-state index contributed by atoms with van der Waals surface area (Å²) >= 11 is 0. The summed E-state index contributed by atoms with van der Waals surface area (Å²) in [5.74, 6) is -0.474. The van der Waals surface area contributed by atoms with E-state index < -0.39 is 18.7 Å². The maximum atomic E-state index is 11.2. The van der Waals surface area contributed by atoms with Gasteiger partial charge in [-0.25, -0.2) is 0 Å². The van der Waals surface area contributed by atoms with Crippen LogP contribution in [0.2, 0.25) is 12.6 Å². The van der Waals surface area contributed by atoms with Crippen molar-refractivity contribution in [1.29, 1.82) is 0 Å². The van der Waals surface area contributed by atoms with Crippen molar-refractivity contribution in [3.05, 3.63) is 30.1 Å². The van der Waals surface area contributed by atoms with Crippen molar-refractivity contribution in [3.63, 3.8) is 0 Å². The fourth-order valence-corrected chi connectivity index (χ4v) is 5.22. The second kappa shape index (κ2) is 8.00. The van der Waals surface area contributed by atoms with E-state index >= 15 is 0 Å². The minimum absolute atomic E-state index is 0.204. The Morgan fingerprint density at radius 2 is 1.86 bits per heavy atom. The average molecular weight is 333 g/mol. The molecule has 0 aliphatic heterocycles. The van der Waals surface area contributed by atoms with Gasteiger partial charge in [-0.2, -0.15) is 8.42 Å². The molecule has 0 aliphatic carbocycles. The molecule has 8 heteroatoms. The van der Waals surface area contributed by atoms with E-state index in [0.717, 1.165) is 12.0 Å². The summed E-state index contributed by atoms with van der Waals surface area (Å²) in [7, 11) is -3.26. The lowest BCUT2D eigenvalue weighted by molar-refractivity contribution is 0.242. The van der Waals surface area contributed by atoms with E-state index in [1.165, 1.54) is 0 Å². The Morgan fingerprint density at radius 3 is 2.33 bits per heavy atom.